The number of rotatable bonds is 4. The third-order valence-corrected chi connectivity index (χ3v) is 1.28. The van der Waals surface area contributed by atoms with Gasteiger partial charge in [-0.15, -0.1) is 0 Å². The Bertz CT molecular complexity index is 132. The summed E-state index contributed by atoms with van der Waals surface area (Å²) < 4.78 is 0. The van der Waals surface area contributed by atoms with Gasteiger partial charge in [0.05, 0.1) is 6.04 Å². The van der Waals surface area contributed by atoms with E-state index in [4.69, 9.17) is 5.73 Å². The number of hydrogen-bond donors (Lipinski definition) is 1. The molecule has 0 aliphatic rings. The fourth-order valence-corrected chi connectivity index (χ4v) is 0.648. The molecule has 0 bridgehead atoms. The number of hydrogen-bond acceptors (Lipinski definition) is 3. The minimum atomic E-state index is -0.600. The van der Waals surface area contributed by atoms with Crippen LogP contribution in [0.1, 0.15) is 20.3 Å². The molecule has 3 nitrogen and oxygen atoms in total. The molecule has 0 aliphatic heterocycles. The molecule has 0 rings (SSSR count). The number of Topliss-reactive ketones (excluding diaryl/α,β-unsaturated/α-hetero) is 1. The molecule has 1 atom stereocenters. The summed E-state index contributed by atoms with van der Waals surface area (Å²) in [6.07, 6.45) is 0.808. The van der Waals surface area contributed by atoms with E-state index in [0.29, 0.717) is 6.29 Å². The Morgan fingerprint density at radius 2 is 2.10 bits per heavy atom. The zero-order valence-electron chi connectivity index (χ0n) is 6.33. The van der Waals surface area contributed by atoms with Crippen molar-refractivity contribution >= 4 is 12.1 Å². The molecule has 3 heteroatoms. The maximum Gasteiger partial charge on any atom is 0.152 e. The average molecular weight is 143 g/mol. The first kappa shape index (κ1) is 9.30. The molecule has 0 amide bonds. The highest BCUT2D eigenvalue weighted by Crippen LogP contribution is 1.99. The van der Waals surface area contributed by atoms with Gasteiger partial charge in [-0.1, -0.05) is 13.8 Å². The largest absolute Gasteiger partial charge is 0.321 e. The van der Waals surface area contributed by atoms with Crippen molar-refractivity contribution in [3.63, 3.8) is 0 Å². The molecule has 1 unspecified atom stereocenters. The minimum Gasteiger partial charge on any atom is -0.321 e. The predicted octanol–water partition coefficient (Wildman–Crippen LogP) is 0.128. The van der Waals surface area contributed by atoms with E-state index in [9.17, 15) is 9.59 Å². The van der Waals surface area contributed by atoms with Gasteiger partial charge in [-0.05, 0) is 0 Å². The highest BCUT2D eigenvalue weighted by Gasteiger charge is 2.15. The fourth-order valence-electron chi connectivity index (χ4n) is 0.648. The van der Waals surface area contributed by atoms with Gasteiger partial charge in [-0.25, -0.2) is 0 Å². The van der Waals surface area contributed by atoms with E-state index in [-0.39, 0.29) is 18.1 Å². The predicted molar refractivity (Wildman–Crippen MR) is 38.5 cm³/mol. The van der Waals surface area contributed by atoms with Crippen molar-refractivity contribution in [3.8, 4) is 0 Å². The first-order valence-electron chi connectivity index (χ1n) is 3.32. The second-order valence-corrected chi connectivity index (χ2v) is 2.57. The van der Waals surface area contributed by atoms with Crippen LogP contribution in [-0.4, -0.2) is 18.1 Å². The van der Waals surface area contributed by atoms with Crippen LogP contribution in [0.15, 0.2) is 0 Å². The van der Waals surface area contributed by atoms with E-state index >= 15 is 0 Å². The molecule has 0 spiro atoms. The molecule has 0 aliphatic carbocycles. The van der Waals surface area contributed by atoms with E-state index in [1.54, 1.807) is 13.8 Å². The van der Waals surface area contributed by atoms with Gasteiger partial charge in [0, 0.05) is 12.3 Å². The lowest BCUT2D eigenvalue weighted by Gasteiger charge is -2.08. The van der Waals surface area contributed by atoms with E-state index < -0.39 is 6.04 Å². The van der Waals surface area contributed by atoms with E-state index in [2.05, 4.69) is 0 Å². The molecule has 0 fully saturated rings. The van der Waals surface area contributed by atoms with Gasteiger partial charge in [0.15, 0.2) is 5.78 Å². The summed E-state index contributed by atoms with van der Waals surface area (Å²) in [7, 11) is 0. The SMILES string of the molecule is CC(C)C(=O)C(N)CC=O. The van der Waals surface area contributed by atoms with Crippen LogP contribution in [0, 0.1) is 5.92 Å². The van der Waals surface area contributed by atoms with E-state index in [1.807, 2.05) is 0 Å². The number of nitrogens with two attached hydrogens (primary N) is 1. The number of carbonyl (C=O) groups is 2. The highest BCUT2D eigenvalue weighted by molar-refractivity contribution is 5.87. The van der Waals surface area contributed by atoms with Crippen molar-refractivity contribution in [3.05, 3.63) is 0 Å². The van der Waals surface area contributed by atoms with Gasteiger partial charge in [-0.3, -0.25) is 4.79 Å². The average Bonchev–Trinajstić information content (AvgIpc) is 1.87. The summed E-state index contributed by atoms with van der Waals surface area (Å²) in [4.78, 5) is 20.9. The Morgan fingerprint density at radius 1 is 1.60 bits per heavy atom. The Labute approximate surface area is 60.6 Å². The van der Waals surface area contributed by atoms with E-state index in [0.717, 1.165) is 0 Å². The monoisotopic (exact) mass is 143 g/mol. The number of carbonyl (C=O) groups excluding carboxylic acids is 2. The van der Waals surface area contributed by atoms with Crippen molar-refractivity contribution in [1.29, 1.82) is 0 Å². The molecule has 0 heterocycles. The summed E-state index contributed by atoms with van der Waals surface area (Å²) in [5, 5.41) is 0. The standard InChI is InChI=1S/C7H13NO2/c1-5(2)7(10)6(8)3-4-9/h4-6H,3,8H2,1-2H3. The summed E-state index contributed by atoms with van der Waals surface area (Å²) in [5.41, 5.74) is 5.35. The third-order valence-electron chi connectivity index (χ3n) is 1.28. The van der Waals surface area contributed by atoms with Crippen molar-refractivity contribution in [1.82, 2.24) is 0 Å². The van der Waals surface area contributed by atoms with Crippen molar-refractivity contribution in [2.75, 3.05) is 0 Å². The van der Waals surface area contributed by atoms with Crippen LogP contribution < -0.4 is 5.73 Å². The highest BCUT2D eigenvalue weighted by atomic mass is 16.1. The molecule has 0 saturated heterocycles. The fraction of sp³-hybridized carbons (Fsp3) is 0.714. The minimum absolute atomic E-state index is 0.0490. The molecule has 0 aromatic heterocycles. The van der Waals surface area contributed by atoms with E-state index in [1.165, 1.54) is 0 Å². The maximum atomic E-state index is 10.9. The first-order chi connectivity index (χ1) is 4.59. The molecule has 0 saturated carbocycles. The van der Waals surface area contributed by atoms with Crippen molar-refractivity contribution in [2.45, 2.75) is 26.3 Å². The summed E-state index contributed by atoms with van der Waals surface area (Å²) in [6.45, 7) is 3.54. The lowest BCUT2D eigenvalue weighted by molar-refractivity contribution is -0.124. The maximum absolute atomic E-state index is 10.9. The summed E-state index contributed by atoms with van der Waals surface area (Å²) >= 11 is 0. The van der Waals surface area contributed by atoms with Gasteiger partial charge >= 0.3 is 0 Å². The molecule has 0 aromatic rings. The summed E-state index contributed by atoms with van der Waals surface area (Å²) in [5.74, 6) is -0.123. The molecule has 10 heavy (non-hydrogen) atoms. The van der Waals surface area contributed by atoms with Crippen LogP contribution in [0.3, 0.4) is 0 Å². The Hall–Kier alpha value is -0.700. The van der Waals surface area contributed by atoms with Crippen LogP contribution >= 0.6 is 0 Å². The molecular formula is C7H13NO2. The van der Waals surface area contributed by atoms with Crippen molar-refractivity contribution in [2.24, 2.45) is 11.7 Å². The molecule has 2 N–H and O–H groups in total. The van der Waals surface area contributed by atoms with Crippen LogP contribution in [0.25, 0.3) is 0 Å². The second-order valence-electron chi connectivity index (χ2n) is 2.57. The smallest absolute Gasteiger partial charge is 0.152 e. The van der Waals surface area contributed by atoms with Crippen LogP contribution in [0.2, 0.25) is 0 Å². The third kappa shape index (κ3) is 2.73. The zero-order chi connectivity index (χ0) is 8.15. The van der Waals surface area contributed by atoms with Gasteiger partial charge in [-0.2, -0.15) is 0 Å². The lowest BCUT2D eigenvalue weighted by Crippen LogP contribution is -2.33. The van der Waals surface area contributed by atoms with Gasteiger partial charge in [0.25, 0.3) is 0 Å². The Morgan fingerprint density at radius 3 is 2.40 bits per heavy atom. The molecular weight excluding hydrogens is 130 g/mol. The molecule has 0 radical (unpaired) electrons. The molecule has 0 aromatic carbocycles. The van der Waals surface area contributed by atoms with Crippen molar-refractivity contribution < 1.29 is 9.59 Å². The number of ketones is 1. The first-order valence-corrected chi connectivity index (χ1v) is 3.32. The Balaban J connectivity index is 3.81. The zero-order valence-corrected chi connectivity index (χ0v) is 6.33. The van der Waals surface area contributed by atoms with Crippen LogP contribution in [-0.2, 0) is 9.59 Å². The van der Waals surface area contributed by atoms with Gasteiger partial charge < -0.3 is 10.5 Å². The lowest BCUT2D eigenvalue weighted by atomic mass is 10.0. The van der Waals surface area contributed by atoms with Crippen LogP contribution in [0.4, 0.5) is 0 Å². The Kier molecular flexibility index (Phi) is 3.88. The molecule has 58 valence electrons. The summed E-state index contributed by atoms with van der Waals surface area (Å²) in [6, 6.07) is -0.600. The topological polar surface area (TPSA) is 60.2 Å². The van der Waals surface area contributed by atoms with Gasteiger partial charge in [0.2, 0.25) is 0 Å². The van der Waals surface area contributed by atoms with Crippen LogP contribution in [0.5, 0.6) is 0 Å². The normalized spacial score (nSPS) is 13.2. The quantitative estimate of drug-likeness (QED) is 0.569. The van der Waals surface area contributed by atoms with Gasteiger partial charge in [0.1, 0.15) is 6.29 Å². The second kappa shape index (κ2) is 4.17. The number of aldehydes is 1.